The van der Waals surface area contributed by atoms with Crippen molar-refractivity contribution in [1.82, 2.24) is 9.97 Å². The van der Waals surface area contributed by atoms with Gasteiger partial charge in [0.15, 0.2) is 0 Å². The monoisotopic (exact) mass is 606 g/mol. The van der Waals surface area contributed by atoms with Gasteiger partial charge in [0, 0.05) is 18.1 Å². The quantitative estimate of drug-likeness (QED) is 0.199. The third kappa shape index (κ3) is 5.10. The van der Waals surface area contributed by atoms with Gasteiger partial charge in [-0.15, -0.1) is 59.7 Å². The Morgan fingerprint density at radius 3 is 1.55 bits per heavy atom. The maximum absolute atomic E-state index is 4.49. The van der Waals surface area contributed by atoms with Crippen molar-refractivity contribution >= 4 is 17.1 Å². The number of nitrogens with zero attached hydrogens (tertiary/aromatic N) is 3. The van der Waals surface area contributed by atoms with Crippen LogP contribution in [0.2, 0.25) is 0 Å². The minimum atomic E-state index is 0. The minimum absolute atomic E-state index is 0. The molecule has 0 N–H and O–H groups in total. The van der Waals surface area contributed by atoms with Crippen LogP contribution in [0, 0.1) is 19.1 Å². The summed E-state index contributed by atoms with van der Waals surface area (Å²) in [6.45, 7) is 2.09. The molecule has 0 fully saturated rings. The van der Waals surface area contributed by atoms with Crippen LogP contribution in [-0.2, 0) is 21.1 Å². The van der Waals surface area contributed by atoms with Crippen molar-refractivity contribution in [3.63, 3.8) is 0 Å². The fourth-order valence-corrected chi connectivity index (χ4v) is 3.62. The van der Waals surface area contributed by atoms with Crippen molar-refractivity contribution in [2.45, 2.75) is 6.92 Å². The number of benzene rings is 3. The number of hydrogen-bond acceptors (Lipinski definition) is 3. The van der Waals surface area contributed by atoms with Gasteiger partial charge in [-0.05, 0) is 54.0 Å². The molecule has 33 heavy (non-hydrogen) atoms. The molecular weight excluding hydrogens is 585 g/mol. The molecule has 3 nitrogen and oxygen atoms in total. The normalized spacial score (nSPS) is 10.3. The molecule has 0 amide bonds. The summed E-state index contributed by atoms with van der Waals surface area (Å²) in [5.41, 5.74) is 7.78. The second-order valence-electron chi connectivity index (χ2n) is 7.50. The molecule has 3 aromatic carbocycles. The molecule has 2 heterocycles. The smallest absolute Gasteiger partial charge is 0.346 e. The second-order valence-corrected chi connectivity index (χ2v) is 7.50. The Hall–Kier alpha value is -3.55. The minimum Gasteiger partial charge on any atom is -0.346 e. The SMILES string of the molecule is Cc1ccc(N(c2[c-]c(-c3ccccn3)ccc2)c2[c-]c(-c3ccccn3)ccc2)cc1.[Pt+2]. The third-order valence-corrected chi connectivity index (χ3v) is 5.22. The Kier molecular flexibility index (Phi) is 7.12. The van der Waals surface area contributed by atoms with E-state index >= 15 is 0 Å². The molecular formula is C29H21N3Pt. The van der Waals surface area contributed by atoms with Gasteiger partial charge in [-0.3, -0.25) is 0 Å². The molecule has 0 unspecified atom stereocenters. The van der Waals surface area contributed by atoms with E-state index in [1.807, 2.05) is 60.7 Å². The maximum Gasteiger partial charge on any atom is 2.00 e. The van der Waals surface area contributed by atoms with Crippen LogP contribution < -0.4 is 4.90 Å². The number of anilines is 3. The average Bonchev–Trinajstić information content (AvgIpc) is 2.87. The van der Waals surface area contributed by atoms with Gasteiger partial charge >= 0.3 is 21.1 Å². The van der Waals surface area contributed by atoms with Crippen LogP contribution in [0.4, 0.5) is 17.1 Å². The second kappa shape index (κ2) is 10.4. The van der Waals surface area contributed by atoms with Crippen molar-refractivity contribution in [3.8, 4) is 22.5 Å². The molecule has 4 heteroatoms. The van der Waals surface area contributed by atoms with E-state index in [0.29, 0.717) is 0 Å². The third-order valence-electron chi connectivity index (χ3n) is 5.22. The molecule has 0 aliphatic heterocycles. The van der Waals surface area contributed by atoms with Gasteiger partial charge in [-0.2, -0.15) is 0 Å². The first kappa shape index (κ1) is 22.6. The maximum atomic E-state index is 4.49. The Morgan fingerprint density at radius 1 is 0.576 bits per heavy atom. The molecule has 0 aliphatic carbocycles. The number of rotatable bonds is 5. The molecule has 0 saturated heterocycles. The first-order valence-electron chi connectivity index (χ1n) is 10.5. The zero-order valence-corrected chi connectivity index (χ0v) is 20.3. The largest absolute Gasteiger partial charge is 2.00 e. The molecule has 0 spiro atoms. The van der Waals surface area contributed by atoms with Crippen molar-refractivity contribution in [1.29, 1.82) is 0 Å². The molecule has 2 aromatic heterocycles. The van der Waals surface area contributed by atoms with Gasteiger partial charge in [0.25, 0.3) is 0 Å². The molecule has 5 aromatic rings. The van der Waals surface area contributed by atoms with Crippen LogP contribution in [0.5, 0.6) is 0 Å². The van der Waals surface area contributed by atoms with E-state index in [2.05, 4.69) is 70.3 Å². The van der Waals surface area contributed by atoms with Crippen molar-refractivity contribution in [2.24, 2.45) is 0 Å². The van der Waals surface area contributed by atoms with Crippen molar-refractivity contribution in [2.75, 3.05) is 4.90 Å². The first-order chi connectivity index (χ1) is 15.8. The summed E-state index contributed by atoms with van der Waals surface area (Å²) in [5, 5.41) is 0. The Bertz CT molecular complexity index is 1240. The van der Waals surface area contributed by atoms with Crippen molar-refractivity contribution in [3.05, 3.63) is 127 Å². The molecule has 0 saturated carbocycles. The Morgan fingerprint density at radius 2 is 1.09 bits per heavy atom. The van der Waals surface area contributed by atoms with Gasteiger partial charge in [0.05, 0.1) is 0 Å². The van der Waals surface area contributed by atoms with E-state index in [4.69, 9.17) is 0 Å². The van der Waals surface area contributed by atoms with E-state index in [1.54, 1.807) is 12.4 Å². The van der Waals surface area contributed by atoms with Crippen LogP contribution >= 0.6 is 0 Å². The zero-order valence-electron chi connectivity index (χ0n) is 18.1. The first-order valence-corrected chi connectivity index (χ1v) is 10.5. The van der Waals surface area contributed by atoms with E-state index < -0.39 is 0 Å². The summed E-state index contributed by atoms with van der Waals surface area (Å²) >= 11 is 0. The Labute approximate surface area is 209 Å². The molecule has 0 bridgehead atoms. The van der Waals surface area contributed by atoms with Crippen LogP contribution in [0.3, 0.4) is 0 Å². The van der Waals surface area contributed by atoms with Crippen LogP contribution in [0.25, 0.3) is 22.5 Å². The molecule has 0 aliphatic rings. The summed E-state index contributed by atoms with van der Waals surface area (Å²) in [7, 11) is 0. The predicted octanol–water partition coefficient (Wildman–Crippen LogP) is 7.19. The van der Waals surface area contributed by atoms with E-state index in [0.717, 1.165) is 39.6 Å². The van der Waals surface area contributed by atoms with Gasteiger partial charge in [0.2, 0.25) is 0 Å². The molecule has 0 radical (unpaired) electrons. The average molecular weight is 607 g/mol. The summed E-state index contributed by atoms with van der Waals surface area (Å²) in [4.78, 5) is 11.2. The standard InChI is InChI=1S/C29H21N3.Pt/c1-22-14-16-25(17-15-22)32(26-10-6-8-23(20-26)28-12-2-4-18-30-28)27-11-7-9-24(21-27)29-13-3-5-19-31-29;/h2-19H,1H3;/q-2;+2. The summed E-state index contributed by atoms with van der Waals surface area (Å²) in [6.07, 6.45) is 3.61. The van der Waals surface area contributed by atoms with Crippen molar-refractivity contribution < 1.29 is 21.1 Å². The van der Waals surface area contributed by atoms with E-state index in [1.165, 1.54) is 5.56 Å². The fraction of sp³-hybridized carbons (Fsp3) is 0.0345. The number of pyridine rings is 2. The van der Waals surface area contributed by atoms with E-state index in [9.17, 15) is 0 Å². The molecule has 162 valence electrons. The molecule has 0 atom stereocenters. The van der Waals surface area contributed by atoms with Crippen LogP contribution in [0.15, 0.2) is 109 Å². The van der Waals surface area contributed by atoms with Gasteiger partial charge in [-0.1, -0.05) is 42.0 Å². The number of aromatic nitrogens is 2. The Balaban J connectivity index is 0.00000259. The van der Waals surface area contributed by atoms with Crippen LogP contribution in [0.1, 0.15) is 5.56 Å². The summed E-state index contributed by atoms with van der Waals surface area (Å²) < 4.78 is 0. The molecule has 5 rings (SSSR count). The van der Waals surface area contributed by atoms with Gasteiger partial charge in [0.1, 0.15) is 0 Å². The van der Waals surface area contributed by atoms with E-state index in [-0.39, 0.29) is 21.1 Å². The summed E-state index contributed by atoms with van der Waals surface area (Å²) in [5.74, 6) is 0. The summed E-state index contributed by atoms with van der Waals surface area (Å²) in [6, 6.07) is 39.7. The van der Waals surface area contributed by atoms with Gasteiger partial charge in [-0.25, -0.2) is 0 Å². The van der Waals surface area contributed by atoms with Gasteiger partial charge < -0.3 is 14.9 Å². The predicted molar refractivity (Wildman–Crippen MR) is 130 cm³/mol. The van der Waals surface area contributed by atoms with Crippen LogP contribution in [-0.4, -0.2) is 9.97 Å². The fourth-order valence-electron chi connectivity index (χ4n) is 3.62. The number of hydrogen-bond donors (Lipinski definition) is 0. The zero-order chi connectivity index (χ0) is 21.8. The number of aryl methyl sites for hydroxylation is 1. The topological polar surface area (TPSA) is 29.0 Å².